The lowest BCUT2D eigenvalue weighted by Crippen LogP contribution is -1.83. The Morgan fingerprint density at radius 2 is 1.00 bits per heavy atom. The van der Waals surface area contributed by atoms with Crippen molar-refractivity contribution in [3.8, 4) is 11.4 Å². The van der Waals surface area contributed by atoms with Gasteiger partial charge in [0.1, 0.15) is 0 Å². The molecular formula is C15H23ClN2. The summed E-state index contributed by atoms with van der Waals surface area (Å²) in [6.07, 6.45) is 5.01. The largest absolute Gasteiger partial charge is 0.255 e. The van der Waals surface area contributed by atoms with Gasteiger partial charge in [0.05, 0.1) is 11.4 Å². The molecule has 0 unspecified atom stereocenters. The molecule has 2 heterocycles. The smallest absolute Gasteiger partial charge is 0.0886 e. The van der Waals surface area contributed by atoms with E-state index in [0.717, 1.165) is 11.4 Å². The van der Waals surface area contributed by atoms with Crippen LogP contribution in [-0.4, -0.2) is 16.4 Å². The van der Waals surface area contributed by atoms with Gasteiger partial charge in [0, 0.05) is 18.8 Å². The molecule has 0 saturated carbocycles. The summed E-state index contributed by atoms with van der Waals surface area (Å²) in [4.78, 5) is 8.37. The number of aromatic nitrogens is 2. The highest BCUT2D eigenvalue weighted by Crippen LogP contribution is 2.10. The van der Waals surface area contributed by atoms with Crippen LogP contribution in [0.5, 0.6) is 0 Å². The zero-order valence-corrected chi connectivity index (χ0v) is 12.6. The molecule has 0 saturated heterocycles. The Bertz CT molecular complexity index is 312. The van der Waals surface area contributed by atoms with Gasteiger partial charge in [-0.1, -0.05) is 39.8 Å². The van der Waals surface area contributed by atoms with Gasteiger partial charge in [-0.15, -0.1) is 11.6 Å². The summed E-state index contributed by atoms with van der Waals surface area (Å²) in [6, 6.07) is 11.6. The first-order valence-electron chi connectivity index (χ1n) is 6.17. The number of halogens is 1. The summed E-state index contributed by atoms with van der Waals surface area (Å²) in [7, 11) is 0. The molecule has 0 bridgehead atoms. The van der Waals surface area contributed by atoms with Gasteiger partial charge in [-0.3, -0.25) is 9.97 Å². The summed E-state index contributed by atoms with van der Waals surface area (Å²) in [5, 5.41) is 0. The molecule has 2 rings (SSSR count). The third-order valence-electron chi connectivity index (χ3n) is 1.59. The molecule has 0 aliphatic heterocycles. The van der Waals surface area contributed by atoms with Crippen LogP contribution in [0, 0.1) is 0 Å². The van der Waals surface area contributed by atoms with Crippen molar-refractivity contribution in [2.75, 3.05) is 6.38 Å². The minimum absolute atomic E-state index is 0.915. The molecule has 0 radical (unpaired) electrons. The molecular weight excluding hydrogens is 244 g/mol. The van der Waals surface area contributed by atoms with Gasteiger partial charge in [0.2, 0.25) is 0 Å². The molecule has 0 aromatic carbocycles. The maximum atomic E-state index is 4.64. The Balaban J connectivity index is 0. The van der Waals surface area contributed by atoms with Crippen LogP contribution in [0.15, 0.2) is 48.8 Å². The zero-order valence-electron chi connectivity index (χ0n) is 11.9. The van der Waals surface area contributed by atoms with E-state index in [1.54, 1.807) is 12.4 Å². The number of pyridine rings is 2. The van der Waals surface area contributed by atoms with Gasteiger partial charge in [0.25, 0.3) is 0 Å². The fourth-order valence-electron chi connectivity index (χ4n) is 1.03. The van der Waals surface area contributed by atoms with Crippen molar-refractivity contribution in [3.05, 3.63) is 48.8 Å². The molecule has 0 aliphatic carbocycles. The van der Waals surface area contributed by atoms with Crippen LogP contribution in [0.4, 0.5) is 0 Å². The number of hydrogen-bond acceptors (Lipinski definition) is 2. The van der Waals surface area contributed by atoms with Crippen molar-refractivity contribution < 1.29 is 0 Å². The Labute approximate surface area is 116 Å². The summed E-state index contributed by atoms with van der Waals surface area (Å²) in [5.41, 5.74) is 1.83. The molecule has 0 N–H and O–H groups in total. The second-order valence-corrected chi connectivity index (χ2v) is 2.43. The van der Waals surface area contributed by atoms with Crippen LogP contribution >= 0.6 is 11.6 Å². The number of alkyl halides is 1. The fraction of sp³-hybridized carbons (Fsp3) is 0.333. The van der Waals surface area contributed by atoms with Gasteiger partial charge in [-0.05, 0) is 24.3 Å². The molecule has 100 valence electrons. The summed E-state index contributed by atoms with van der Waals surface area (Å²) in [6.45, 7) is 8.00. The third kappa shape index (κ3) is 7.80. The molecule has 0 fully saturated rings. The average Bonchev–Trinajstić information content (AvgIpc) is 2.55. The molecule has 18 heavy (non-hydrogen) atoms. The lowest BCUT2D eigenvalue weighted by Gasteiger charge is -1.96. The molecule has 0 spiro atoms. The summed E-state index contributed by atoms with van der Waals surface area (Å²) >= 11 is 4.64. The van der Waals surface area contributed by atoms with Gasteiger partial charge < -0.3 is 0 Å². The molecule has 0 amide bonds. The first-order chi connectivity index (χ1) is 8.97. The fourth-order valence-corrected chi connectivity index (χ4v) is 1.03. The number of rotatable bonds is 1. The quantitative estimate of drug-likeness (QED) is 0.675. The van der Waals surface area contributed by atoms with Crippen molar-refractivity contribution in [2.24, 2.45) is 0 Å². The van der Waals surface area contributed by atoms with E-state index in [4.69, 9.17) is 0 Å². The Morgan fingerprint density at radius 3 is 1.22 bits per heavy atom. The first-order valence-corrected chi connectivity index (χ1v) is 6.92. The van der Waals surface area contributed by atoms with Crippen LogP contribution in [-0.2, 0) is 0 Å². The van der Waals surface area contributed by atoms with Crippen LogP contribution in [0.2, 0.25) is 0 Å². The molecule has 2 aromatic rings. The maximum absolute atomic E-state index is 4.64. The Kier molecular flexibility index (Phi) is 16.4. The van der Waals surface area contributed by atoms with Gasteiger partial charge in [-0.25, -0.2) is 0 Å². The van der Waals surface area contributed by atoms with Crippen molar-refractivity contribution in [3.63, 3.8) is 0 Å². The SMILES string of the molecule is CC.CC.CCl.c1ccc(-c2ccccn2)nc1. The normalized spacial score (nSPS) is 7.44. The topological polar surface area (TPSA) is 25.8 Å². The monoisotopic (exact) mass is 266 g/mol. The molecule has 0 aliphatic rings. The van der Waals surface area contributed by atoms with Crippen molar-refractivity contribution >= 4 is 11.6 Å². The highest BCUT2D eigenvalue weighted by molar-refractivity contribution is 6.15. The molecule has 2 aromatic heterocycles. The minimum atomic E-state index is 0.915. The highest BCUT2D eigenvalue weighted by Gasteiger charge is 1.95. The summed E-state index contributed by atoms with van der Waals surface area (Å²) < 4.78 is 0. The molecule has 2 nitrogen and oxygen atoms in total. The Morgan fingerprint density at radius 1 is 0.667 bits per heavy atom. The zero-order chi connectivity index (χ0) is 14.2. The van der Waals surface area contributed by atoms with Gasteiger partial charge in [0.15, 0.2) is 0 Å². The van der Waals surface area contributed by atoms with E-state index in [9.17, 15) is 0 Å². The van der Waals surface area contributed by atoms with E-state index < -0.39 is 0 Å². The lowest BCUT2D eigenvalue weighted by atomic mass is 10.2. The van der Waals surface area contributed by atoms with E-state index >= 15 is 0 Å². The lowest BCUT2D eigenvalue weighted by molar-refractivity contribution is 1.25. The third-order valence-corrected chi connectivity index (χ3v) is 1.59. The van der Waals surface area contributed by atoms with E-state index in [0.29, 0.717) is 0 Å². The predicted octanol–water partition coefficient (Wildman–Crippen LogP) is 5.05. The second-order valence-electron chi connectivity index (χ2n) is 2.43. The van der Waals surface area contributed by atoms with Crippen molar-refractivity contribution in [1.29, 1.82) is 0 Å². The average molecular weight is 267 g/mol. The standard InChI is InChI=1S/C10H8N2.2C2H6.CH3Cl/c1-3-7-11-9(5-1)10-6-2-4-8-12-10;3*1-2/h1-8H;2*1-2H3;1H3. The summed E-state index contributed by atoms with van der Waals surface area (Å²) in [5.74, 6) is 0. The van der Waals surface area contributed by atoms with Crippen LogP contribution in [0.25, 0.3) is 11.4 Å². The number of nitrogens with zero attached hydrogens (tertiary/aromatic N) is 2. The van der Waals surface area contributed by atoms with Crippen LogP contribution in [0.3, 0.4) is 0 Å². The van der Waals surface area contributed by atoms with E-state index in [1.807, 2.05) is 64.1 Å². The first kappa shape index (κ1) is 18.9. The van der Waals surface area contributed by atoms with E-state index in [1.165, 1.54) is 6.38 Å². The van der Waals surface area contributed by atoms with Crippen molar-refractivity contribution in [2.45, 2.75) is 27.7 Å². The number of hydrogen-bond donors (Lipinski definition) is 0. The van der Waals surface area contributed by atoms with Crippen molar-refractivity contribution in [1.82, 2.24) is 9.97 Å². The maximum Gasteiger partial charge on any atom is 0.0886 e. The predicted molar refractivity (Wildman–Crippen MR) is 81.9 cm³/mol. The molecule has 0 atom stereocenters. The van der Waals surface area contributed by atoms with Gasteiger partial charge >= 0.3 is 0 Å². The highest BCUT2D eigenvalue weighted by atomic mass is 35.5. The Hall–Kier alpha value is -1.41. The van der Waals surface area contributed by atoms with Gasteiger partial charge in [-0.2, -0.15) is 0 Å². The van der Waals surface area contributed by atoms with E-state index in [2.05, 4.69) is 21.6 Å². The second kappa shape index (κ2) is 15.6. The minimum Gasteiger partial charge on any atom is -0.255 e. The van der Waals surface area contributed by atoms with Crippen LogP contribution in [0.1, 0.15) is 27.7 Å². The van der Waals surface area contributed by atoms with E-state index in [-0.39, 0.29) is 0 Å². The molecule has 3 heteroatoms. The van der Waals surface area contributed by atoms with Crippen LogP contribution < -0.4 is 0 Å².